The first-order chi connectivity index (χ1) is 26.0. The van der Waals surface area contributed by atoms with E-state index >= 15 is 0 Å². The summed E-state index contributed by atoms with van der Waals surface area (Å²) in [4.78, 5) is 18.8. The van der Waals surface area contributed by atoms with Gasteiger partial charge in [-0.15, -0.1) is 24.9 Å². The van der Waals surface area contributed by atoms with Crippen LogP contribution in [-0.4, -0.2) is 64.1 Å². The fourth-order valence-electron chi connectivity index (χ4n) is 6.32. The summed E-state index contributed by atoms with van der Waals surface area (Å²) in [5, 5.41) is 3.40. The van der Waals surface area contributed by atoms with Gasteiger partial charge < -0.3 is 15.0 Å². The fourth-order valence-corrected chi connectivity index (χ4v) is 8.13. The van der Waals surface area contributed by atoms with Crippen molar-refractivity contribution in [2.24, 2.45) is 0 Å². The summed E-state index contributed by atoms with van der Waals surface area (Å²) < 4.78 is 70.5. The molecule has 5 aromatic carbocycles. The van der Waals surface area contributed by atoms with Gasteiger partial charge in [0.05, 0.1) is 4.90 Å². The average Bonchev–Trinajstić information content (AvgIpc) is 3.17. The van der Waals surface area contributed by atoms with E-state index < -0.39 is 22.3 Å². The average molecular weight is 775 g/mol. The summed E-state index contributed by atoms with van der Waals surface area (Å²) >= 11 is 1.74. The summed E-state index contributed by atoms with van der Waals surface area (Å²) in [6.45, 7) is 6.36. The molecule has 13 heteroatoms. The van der Waals surface area contributed by atoms with Gasteiger partial charge in [-0.05, 0) is 95.4 Å². The molecule has 0 aliphatic carbocycles. The van der Waals surface area contributed by atoms with Crippen LogP contribution in [0, 0.1) is 0 Å². The molecule has 1 heterocycles. The molecule has 282 valence electrons. The third-order valence-electron chi connectivity index (χ3n) is 9.10. The highest BCUT2D eigenvalue weighted by Gasteiger charge is 2.31. The Labute approximate surface area is 318 Å². The summed E-state index contributed by atoms with van der Waals surface area (Å²) in [5.74, 6) is -0.113. The van der Waals surface area contributed by atoms with Crippen molar-refractivity contribution in [2.45, 2.75) is 36.0 Å². The van der Waals surface area contributed by atoms with Crippen molar-refractivity contribution in [2.75, 3.05) is 48.7 Å². The monoisotopic (exact) mass is 774 g/mol. The summed E-state index contributed by atoms with van der Waals surface area (Å²) in [5.41, 5.74) is 5.68. The smallest absolute Gasteiger partial charge is 0.406 e. The number of anilines is 2. The van der Waals surface area contributed by atoms with Crippen LogP contribution in [0.5, 0.6) is 5.75 Å². The molecule has 1 saturated heterocycles. The van der Waals surface area contributed by atoms with E-state index in [0.717, 1.165) is 65.6 Å². The van der Waals surface area contributed by atoms with Crippen LogP contribution in [0.3, 0.4) is 0 Å². The second-order valence-electron chi connectivity index (χ2n) is 12.7. The van der Waals surface area contributed by atoms with Crippen LogP contribution < -0.4 is 19.7 Å². The first-order valence-corrected chi connectivity index (χ1v) is 20.1. The first kappa shape index (κ1) is 38.7. The Morgan fingerprint density at radius 3 is 2.19 bits per heavy atom. The molecule has 1 aliphatic rings. The molecule has 1 fully saturated rings. The number of sulfonamides is 1. The van der Waals surface area contributed by atoms with E-state index in [1.165, 1.54) is 23.1 Å². The predicted molar refractivity (Wildman–Crippen MR) is 209 cm³/mol. The predicted octanol–water partition coefficient (Wildman–Crippen LogP) is 8.46. The number of aryl methyl sites for hydroxylation is 1. The number of halogens is 3. The molecular formula is C41H41F3N4O4S2. The molecule has 2 N–H and O–H groups in total. The third kappa shape index (κ3) is 10.4. The molecule has 0 radical (unpaired) electrons. The molecule has 1 amide bonds. The summed E-state index contributed by atoms with van der Waals surface area (Å²) in [7, 11) is -4.10. The lowest BCUT2D eigenvalue weighted by molar-refractivity contribution is -0.274. The Hall–Kier alpha value is -4.98. The number of hydrogen-bond donors (Lipinski definition) is 2. The molecule has 6 rings (SSSR count). The Morgan fingerprint density at radius 1 is 0.815 bits per heavy atom. The largest absolute Gasteiger partial charge is 0.573 e. The van der Waals surface area contributed by atoms with Crippen molar-refractivity contribution in [1.82, 2.24) is 9.62 Å². The third-order valence-corrected chi connectivity index (χ3v) is 11.4. The quantitative estimate of drug-likeness (QED) is 0.0859. The van der Waals surface area contributed by atoms with Gasteiger partial charge in [0.1, 0.15) is 5.75 Å². The van der Waals surface area contributed by atoms with Crippen molar-refractivity contribution in [3.63, 3.8) is 0 Å². The number of benzene rings is 5. The number of nitrogens with one attached hydrogen (secondary N) is 2. The van der Waals surface area contributed by atoms with Crippen molar-refractivity contribution in [3.05, 3.63) is 138 Å². The molecule has 1 aliphatic heterocycles. The number of piperazine rings is 1. The van der Waals surface area contributed by atoms with Crippen molar-refractivity contribution >= 4 is 39.1 Å². The van der Waals surface area contributed by atoms with Gasteiger partial charge in [0.2, 0.25) is 0 Å². The zero-order valence-electron chi connectivity index (χ0n) is 29.7. The van der Waals surface area contributed by atoms with Gasteiger partial charge in [0.25, 0.3) is 15.9 Å². The number of ether oxygens (including phenoxy) is 1. The van der Waals surface area contributed by atoms with Crippen LogP contribution in [0.4, 0.5) is 24.5 Å². The maximum atomic E-state index is 13.2. The minimum absolute atomic E-state index is 0.0301. The Kier molecular flexibility index (Phi) is 12.5. The molecule has 0 atom stereocenters. The number of rotatable bonds is 14. The maximum absolute atomic E-state index is 13.2. The lowest BCUT2D eigenvalue weighted by Gasteiger charge is -2.36. The minimum atomic E-state index is -4.74. The van der Waals surface area contributed by atoms with E-state index in [0.29, 0.717) is 19.5 Å². The summed E-state index contributed by atoms with van der Waals surface area (Å²) in [6.07, 6.45) is -4.12. The highest BCUT2D eigenvalue weighted by atomic mass is 32.2. The molecule has 54 heavy (non-hydrogen) atoms. The van der Waals surface area contributed by atoms with Crippen LogP contribution in [-0.2, 0) is 23.0 Å². The van der Waals surface area contributed by atoms with E-state index in [2.05, 4.69) is 36.7 Å². The number of alkyl halides is 3. The SMILES string of the molecule is CCc1cc(S(=O)(=O)NC(=O)c2ccc(N3CCN(Cc4ccccc4-c4ccc(OC(F)(F)F)cc4)CC3)cc2)ccc1NCCSc1ccccc1. The second-order valence-corrected chi connectivity index (χ2v) is 15.6. The molecule has 5 aromatic rings. The minimum Gasteiger partial charge on any atom is -0.406 e. The van der Waals surface area contributed by atoms with Gasteiger partial charge in [0, 0.05) is 66.9 Å². The fraction of sp³-hybridized carbons (Fsp3) is 0.244. The standard InChI is InChI=1S/C41H41F3N4O4S2/c1-2-30-28-37(20-21-39(30)45-22-27-53-36-9-4-3-5-10-36)54(50,51)46-40(49)32-12-16-34(17-13-32)48-25-23-47(24-26-48)29-33-8-6-7-11-38(33)31-14-18-35(19-15-31)52-41(42,43)44/h3-21,28,45H,2,22-27,29H2,1H3,(H,46,49). The normalized spacial score (nSPS) is 13.7. The van der Waals surface area contributed by atoms with Gasteiger partial charge in [-0.25, -0.2) is 13.1 Å². The number of amides is 1. The van der Waals surface area contributed by atoms with E-state index in [1.807, 2.05) is 61.5 Å². The van der Waals surface area contributed by atoms with Crippen LogP contribution in [0.15, 0.2) is 131 Å². The van der Waals surface area contributed by atoms with Crippen LogP contribution >= 0.6 is 11.8 Å². The topological polar surface area (TPSA) is 91.0 Å². The van der Waals surface area contributed by atoms with Gasteiger partial charge in [-0.2, -0.15) is 0 Å². The Morgan fingerprint density at radius 2 is 1.50 bits per heavy atom. The molecule has 0 bridgehead atoms. The van der Waals surface area contributed by atoms with Gasteiger partial charge in [-0.3, -0.25) is 9.69 Å². The first-order valence-electron chi connectivity index (χ1n) is 17.6. The number of carbonyl (C=O) groups is 1. The highest BCUT2D eigenvalue weighted by molar-refractivity contribution is 7.99. The van der Waals surface area contributed by atoms with Crippen molar-refractivity contribution in [1.29, 1.82) is 0 Å². The van der Waals surface area contributed by atoms with E-state index in [9.17, 15) is 26.4 Å². The maximum Gasteiger partial charge on any atom is 0.573 e. The molecule has 0 aromatic heterocycles. The number of nitrogens with zero attached hydrogens (tertiary/aromatic N) is 2. The van der Waals surface area contributed by atoms with Crippen LogP contribution in [0.1, 0.15) is 28.4 Å². The van der Waals surface area contributed by atoms with E-state index in [1.54, 1.807) is 48.2 Å². The lowest BCUT2D eigenvalue weighted by atomic mass is 9.99. The van der Waals surface area contributed by atoms with Gasteiger partial charge in [0.15, 0.2) is 0 Å². The zero-order valence-corrected chi connectivity index (χ0v) is 31.3. The van der Waals surface area contributed by atoms with Crippen molar-refractivity contribution < 1.29 is 31.1 Å². The lowest BCUT2D eigenvalue weighted by Crippen LogP contribution is -2.46. The zero-order chi connectivity index (χ0) is 38.1. The van der Waals surface area contributed by atoms with E-state index in [-0.39, 0.29) is 16.2 Å². The van der Waals surface area contributed by atoms with E-state index in [4.69, 9.17) is 0 Å². The summed E-state index contributed by atoms with van der Waals surface area (Å²) in [6, 6.07) is 35.6. The highest BCUT2D eigenvalue weighted by Crippen LogP contribution is 2.30. The number of thioether (sulfide) groups is 1. The molecule has 8 nitrogen and oxygen atoms in total. The van der Waals surface area contributed by atoms with Crippen LogP contribution in [0.2, 0.25) is 0 Å². The van der Waals surface area contributed by atoms with Gasteiger partial charge in [-0.1, -0.05) is 61.5 Å². The molecule has 0 unspecified atom stereocenters. The second kappa shape index (κ2) is 17.4. The number of carbonyl (C=O) groups excluding carboxylic acids is 1. The molecule has 0 saturated carbocycles. The van der Waals surface area contributed by atoms with Gasteiger partial charge >= 0.3 is 6.36 Å². The van der Waals surface area contributed by atoms with Crippen molar-refractivity contribution in [3.8, 4) is 16.9 Å². The number of hydrogen-bond acceptors (Lipinski definition) is 8. The Balaban J connectivity index is 1.00. The van der Waals surface area contributed by atoms with Crippen LogP contribution in [0.25, 0.3) is 11.1 Å². The Bertz CT molecular complexity index is 2130. The molecular weight excluding hydrogens is 734 g/mol. The molecule has 0 spiro atoms.